The average Bonchev–Trinajstić information content (AvgIpc) is 2.67. The standard InChI is InChI=1S/C20H25N3.C3H8.C2H4/c1-5-21-15-9-7-8-10-16(15)22-12-14-11-17-20(14)13-19(3,4)18(20)23(17)6-2;1-3-2;1-2/h5-10,12,14,17-18,21H,1-2,11,13H2,3-4H3;3H2,1-2H3;1-2H2. The molecule has 4 atom stereocenters. The summed E-state index contributed by atoms with van der Waals surface area (Å²) in [5, 5.41) is 3.16. The summed E-state index contributed by atoms with van der Waals surface area (Å²) in [6, 6.07) is 9.46. The minimum Gasteiger partial charge on any atom is -0.370 e. The summed E-state index contributed by atoms with van der Waals surface area (Å²) < 4.78 is 0. The minimum atomic E-state index is 0.402. The quantitative estimate of drug-likeness (QED) is 0.450. The molecule has 2 saturated carbocycles. The van der Waals surface area contributed by atoms with Gasteiger partial charge in [-0.2, -0.15) is 0 Å². The zero-order valence-electron chi connectivity index (χ0n) is 18.1. The molecule has 3 fully saturated rings. The summed E-state index contributed by atoms with van der Waals surface area (Å²) in [5.74, 6) is 0.596. The number of hydrogen-bond acceptors (Lipinski definition) is 3. The fourth-order valence-electron chi connectivity index (χ4n) is 5.58. The van der Waals surface area contributed by atoms with E-state index in [0.29, 0.717) is 28.8 Å². The third-order valence-electron chi connectivity index (χ3n) is 6.22. The van der Waals surface area contributed by atoms with Gasteiger partial charge in [-0.15, -0.1) is 13.2 Å². The number of aliphatic imine (C=N–C) groups is 1. The van der Waals surface area contributed by atoms with Gasteiger partial charge in [0.15, 0.2) is 0 Å². The van der Waals surface area contributed by atoms with Gasteiger partial charge in [0, 0.05) is 29.6 Å². The molecule has 152 valence electrons. The van der Waals surface area contributed by atoms with Crippen molar-refractivity contribution in [3.63, 3.8) is 0 Å². The van der Waals surface area contributed by atoms with E-state index in [1.54, 1.807) is 6.20 Å². The smallest absolute Gasteiger partial charge is 0.0860 e. The summed E-state index contributed by atoms with van der Waals surface area (Å²) in [7, 11) is 0. The van der Waals surface area contributed by atoms with Crippen LogP contribution >= 0.6 is 0 Å². The summed E-state index contributed by atoms with van der Waals surface area (Å²) in [5.41, 5.74) is 2.86. The molecular weight excluding hydrogens is 342 g/mol. The highest BCUT2D eigenvalue weighted by atomic mass is 15.3. The van der Waals surface area contributed by atoms with Gasteiger partial charge < -0.3 is 10.2 Å². The van der Waals surface area contributed by atoms with Gasteiger partial charge in [0.05, 0.1) is 11.4 Å². The Kier molecular flexibility index (Phi) is 6.92. The normalized spacial score (nSPS) is 30.4. The highest BCUT2D eigenvalue weighted by Gasteiger charge is 2.79. The molecule has 0 amide bonds. The zero-order chi connectivity index (χ0) is 20.9. The van der Waals surface area contributed by atoms with Crippen LogP contribution < -0.4 is 5.32 Å². The molecule has 0 radical (unpaired) electrons. The highest BCUT2D eigenvalue weighted by molar-refractivity contribution is 5.76. The first-order valence-electron chi connectivity index (χ1n) is 10.4. The average molecular weight is 380 g/mol. The van der Waals surface area contributed by atoms with Crippen molar-refractivity contribution < 1.29 is 0 Å². The Morgan fingerprint density at radius 2 is 1.86 bits per heavy atom. The molecule has 2 aliphatic carbocycles. The second-order valence-corrected chi connectivity index (χ2v) is 8.52. The molecule has 3 aliphatic rings. The molecule has 28 heavy (non-hydrogen) atoms. The number of anilines is 1. The first-order chi connectivity index (χ1) is 13.5. The first-order valence-corrected chi connectivity index (χ1v) is 10.4. The monoisotopic (exact) mass is 379 g/mol. The SMILES string of the molecule is C=C.C=CNc1ccccc1N=CC1CC2N(C=C)C3C(C)(C)CC123.CCC. The zero-order valence-corrected chi connectivity index (χ0v) is 18.1. The summed E-state index contributed by atoms with van der Waals surface area (Å²) in [6.07, 6.45) is 9.71. The predicted octanol–water partition coefficient (Wildman–Crippen LogP) is 6.80. The lowest BCUT2D eigenvalue weighted by Gasteiger charge is -2.84. The number of likely N-dealkylation sites (tertiary alicyclic amines) is 1. The van der Waals surface area contributed by atoms with E-state index in [1.807, 2.05) is 24.4 Å². The molecule has 1 spiro atoms. The fourth-order valence-corrected chi connectivity index (χ4v) is 5.58. The van der Waals surface area contributed by atoms with Gasteiger partial charge in [0.25, 0.3) is 0 Å². The Labute approximate surface area is 171 Å². The minimum absolute atomic E-state index is 0.402. The van der Waals surface area contributed by atoms with E-state index < -0.39 is 0 Å². The molecule has 1 heterocycles. The Hall–Kier alpha value is -2.29. The molecule has 3 nitrogen and oxygen atoms in total. The van der Waals surface area contributed by atoms with E-state index in [0.717, 1.165) is 11.4 Å². The van der Waals surface area contributed by atoms with E-state index >= 15 is 0 Å². The van der Waals surface area contributed by atoms with Crippen LogP contribution in [0.1, 0.15) is 47.0 Å². The summed E-state index contributed by atoms with van der Waals surface area (Å²) >= 11 is 0. The molecule has 1 aromatic carbocycles. The molecular formula is C25H37N3. The van der Waals surface area contributed by atoms with Crippen molar-refractivity contribution in [3.8, 4) is 0 Å². The van der Waals surface area contributed by atoms with Gasteiger partial charge in [0.1, 0.15) is 0 Å². The number of rotatable bonds is 5. The van der Waals surface area contributed by atoms with E-state index in [-0.39, 0.29) is 0 Å². The molecule has 1 N–H and O–H groups in total. The lowest BCUT2D eigenvalue weighted by Crippen LogP contribution is -2.89. The number of nitrogens with one attached hydrogen (secondary N) is 1. The maximum Gasteiger partial charge on any atom is 0.0860 e. The van der Waals surface area contributed by atoms with E-state index in [2.05, 4.69) is 76.5 Å². The third-order valence-corrected chi connectivity index (χ3v) is 6.22. The Bertz CT molecular complexity index is 720. The summed E-state index contributed by atoms with van der Waals surface area (Å²) in [4.78, 5) is 7.29. The number of nitrogens with zero attached hydrogens (tertiary/aromatic N) is 2. The predicted molar refractivity (Wildman–Crippen MR) is 124 cm³/mol. The molecule has 1 aliphatic heterocycles. The van der Waals surface area contributed by atoms with Crippen LogP contribution in [0.25, 0.3) is 0 Å². The van der Waals surface area contributed by atoms with Crippen molar-refractivity contribution in [2.24, 2.45) is 21.7 Å². The first kappa shape index (κ1) is 22.0. The lowest BCUT2D eigenvalue weighted by molar-refractivity contribution is -0.323. The second kappa shape index (κ2) is 8.81. The van der Waals surface area contributed by atoms with Crippen molar-refractivity contribution in [2.75, 3.05) is 5.32 Å². The van der Waals surface area contributed by atoms with Crippen molar-refractivity contribution in [1.29, 1.82) is 0 Å². The van der Waals surface area contributed by atoms with Crippen molar-refractivity contribution in [2.45, 2.75) is 59.0 Å². The van der Waals surface area contributed by atoms with E-state index in [1.165, 1.54) is 19.3 Å². The van der Waals surface area contributed by atoms with Crippen LogP contribution in [0.3, 0.4) is 0 Å². The van der Waals surface area contributed by atoms with Crippen LogP contribution in [0, 0.1) is 16.7 Å². The molecule has 0 bridgehead atoms. The van der Waals surface area contributed by atoms with E-state index in [9.17, 15) is 0 Å². The molecule has 4 rings (SSSR count). The molecule has 3 heteroatoms. The van der Waals surface area contributed by atoms with Gasteiger partial charge in [-0.25, -0.2) is 0 Å². The number of para-hydroxylation sites is 2. The van der Waals surface area contributed by atoms with Gasteiger partial charge in [-0.3, -0.25) is 4.99 Å². The number of hydrogen-bond donors (Lipinski definition) is 1. The van der Waals surface area contributed by atoms with Crippen LogP contribution in [-0.4, -0.2) is 23.2 Å². The second-order valence-electron chi connectivity index (χ2n) is 8.52. The van der Waals surface area contributed by atoms with Gasteiger partial charge in [0.2, 0.25) is 0 Å². The van der Waals surface area contributed by atoms with Gasteiger partial charge >= 0.3 is 0 Å². The van der Waals surface area contributed by atoms with Crippen molar-refractivity contribution in [1.82, 2.24) is 4.90 Å². The highest BCUT2D eigenvalue weighted by Crippen LogP contribution is 2.76. The van der Waals surface area contributed by atoms with Gasteiger partial charge in [-0.1, -0.05) is 59.4 Å². The number of benzene rings is 1. The van der Waals surface area contributed by atoms with Crippen LogP contribution in [0.5, 0.6) is 0 Å². The van der Waals surface area contributed by atoms with Gasteiger partial charge in [-0.05, 0) is 42.8 Å². The van der Waals surface area contributed by atoms with Crippen molar-refractivity contribution >= 4 is 17.6 Å². The summed E-state index contributed by atoms with van der Waals surface area (Å²) in [6.45, 7) is 22.8. The number of piperidine rings is 2. The maximum atomic E-state index is 4.80. The molecule has 1 aromatic rings. The Balaban J connectivity index is 0.000000514. The Morgan fingerprint density at radius 3 is 2.43 bits per heavy atom. The molecule has 4 unspecified atom stereocenters. The van der Waals surface area contributed by atoms with Crippen LogP contribution in [0.15, 0.2) is 68.0 Å². The van der Waals surface area contributed by atoms with Crippen LogP contribution in [-0.2, 0) is 0 Å². The van der Waals surface area contributed by atoms with Crippen molar-refractivity contribution in [3.05, 3.63) is 63.0 Å². The topological polar surface area (TPSA) is 27.6 Å². The van der Waals surface area contributed by atoms with Crippen LogP contribution in [0.2, 0.25) is 0 Å². The molecule has 0 aromatic heterocycles. The largest absolute Gasteiger partial charge is 0.370 e. The van der Waals surface area contributed by atoms with E-state index in [4.69, 9.17) is 4.99 Å². The van der Waals surface area contributed by atoms with Crippen LogP contribution in [0.4, 0.5) is 11.4 Å². The third kappa shape index (κ3) is 3.32. The lowest BCUT2D eigenvalue weighted by atomic mass is 9.31. The maximum absolute atomic E-state index is 4.80. The fraction of sp³-hybridized carbons (Fsp3) is 0.480. The molecule has 1 saturated heterocycles. The Morgan fingerprint density at radius 1 is 1.21 bits per heavy atom.